The van der Waals surface area contributed by atoms with E-state index in [0.29, 0.717) is 0 Å². The summed E-state index contributed by atoms with van der Waals surface area (Å²) >= 11 is 7.19. The molecule has 0 N–H and O–H groups in total. The van der Waals surface area contributed by atoms with Gasteiger partial charge >= 0.3 is 0 Å². The molecule has 1 aliphatic carbocycles. The Morgan fingerprint density at radius 2 is 0.900 bits per heavy atom. The van der Waals surface area contributed by atoms with Gasteiger partial charge < -0.3 is 0 Å². The van der Waals surface area contributed by atoms with Crippen molar-refractivity contribution in [3.63, 3.8) is 0 Å². The quantitative estimate of drug-likeness (QED) is 0.602. The fourth-order valence-corrected chi connectivity index (χ4v) is 2.07. The van der Waals surface area contributed by atoms with E-state index in [1.165, 1.54) is 25.7 Å². The first kappa shape index (κ1) is 15.9. The van der Waals surface area contributed by atoms with E-state index in [1.54, 1.807) is 0 Å². The molecule has 0 saturated heterocycles. The number of halogens is 2. The molecular formula is C6H10Ar2Br2. The molecule has 0 bridgehead atoms. The van der Waals surface area contributed by atoms with Gasteiger partial charge in [0, 0.05) is 85.1 Å². The van der Waals surface area contributed by atoms with E-state index in [4.69, 9.17) is 0 Å². The van der Waals surface area contributed by atoms with Gasteiger partial charge in [-0.25, -0.2) is 0 Å². The zero-order valence-electron chi connectivity index (χ0n) is 5.45. The van der Waals surface area contributed by atoms with Gasteiger partial charge in [0.05, 0.1) is 0 Å². The molecule has 1 saturated carbocycles. The second kappa shape index (κ2) is 9.05. The predicted molar refractivity (Wildman–Crippen MR) is 43.9 cm³/mol. The first-order valence-corrected chi connectivity index (χ1v) is 4.90. The van der Waals surface area contributed by atoms with Crippen molar-refractivity contribution in [1.29, 1.82) is 0 Å². The van der Waals surface area contributed by atoms with Gasteiger partial charge in [0.2, 0.25) is 0 Å². The monoisotopic (exact) mass is 320 g/mol. The third-order valence-corrected chi connectivity index (χ3v) is 3.42. The van der Waals surface area contributed by atoms with E-state index < -0.39 is 0 Å². The van der Waals surface area contributed by atoms with Crippen molar-refractivity contribution in [3.05, 3.63) is 0 Å². The van der Waals surface area contributed by atoms with Crippen molar-refractivity contribution in [2.45, 2.75) is 35.3 Å². The van der Waals surface area contributed by atoms with Crippen LogP contribution in [0.3, 0.4) is 0 Å². The molecule has 0 amide bonds. The van der Waals surface area contributed by atoms with Crippen molar-refractivity contribution in [3.8, 4) is 0 Å². The third-order valence-electron chi connectivity index (χ3n) is 1.59. The Balaban J connectivity index is 0. The van der Waals surface area contributed by atoms with Crippen LogP contribution >= 0.6 is 31.9 Å². The van der Waals surface area contributed by atoms with Gasteiger partial charge in [-0.3, -0.25) is 0 Å². The van der Waals surface area contributed by atoms with Crippen LogP contribution in [0, 0.1) is 75.5 Å². The van der Waals surface area contributed by atoms with E-state index in [1.807, 2.05) is 0 Å². The van der Waals surface area contributed by atoms with Crippen LogP contribution in [-0.2, 0) is 0 Å². The fraction of sp³-hybridized carbons (Fsp3) is 1.00. The standard InChI is InChI=1S/C6H10Br2.2Ar/c7-5-1-2-6(8)4-3-5;;/h5-6H,1-4H2;;. The van der Waals surface area contributed by atoms with Crippen LogP contribution in [0.5, 0.6) is 0 Å². The Bertz CT molecular complexity index is 62.1. The van der Waals surface area contributed by atoms with Crippen LogP contribution in [0.2, 0.25) is 0 Å². The van der Waals surface area contributed by atoms with Crippen molar-refractivity contribution in [2.24, 2.45) is 0 Å². The Labute approximate surface area is 140 Å². The van der Waals surface area contributed by atoms with E-state index in [2.05, 4.69) is 31.9 Å². The summed E-state index contributed by atoms with van der Waals surface area (Å²) in [7, 11) is 0. The van der Waals surface area contributed by atoms with E-state index in [9.17, 15) is 0 Å². The topological polar surface area (TPSA) is 0 Å². The van der Waals surface area contributed by atoms with Crippen LogP contribution in [0.1, 0.15) is 25.7 Å². The van der Waals surface area contributed by atoms with Gasteiger partial charge in [-0.15, -0.1) is 0 Å². The SMILES string of the molecule is BrC1CCC(Br)CC1.[Ar].[Ar]. The molecule has 0 nitrogen and oxygen atoms in total. The van der Waals surface area contributed by atoms with Gasteiger partial charge in [-0.1, -0.05) is 31.9 Å². The summed E-state index contributed by atoms with van der Waals surface area (Å²) in [5.74, 6) is 0. The van der Waals surface area contributed by atoms with Crippen LogP contribution in [-0.4, -0.2) is 9.65 Å². The summed E-state index contributed by atoms with van der Waals surface area (Å²) in [5, 5.41) is 0. The van der Waals surface area contributed by atoms with Crippen molar-refractivity contribution in [1.82, 2.24) is 0 Å². The summed E-state index contributed by atoms with van der Waals surface area (Å²) in [5.41, 5.74) is 0. The largest absolute Gasteiger partial charge is 0.0891 e. The molecule has 1 rings (SSSR count). The van der Waals surface area contributed by atoms with Crippen LogP contribution in [0.25, 0.3) is 0 Å². The number of hydrogen-bond donors (Lipinski definition) is 0. The van der Waals surface area contributed by atoms with Gasteiger partial charge in [-0.05, 0) is 25.7 Å². The molecule has 0 aromatic rings. The molecule has 0 aromatic carbocycles. The smallest absolute Gasteiger partial charge is 0.0146 e. The normalized spacial score (nSPS) is 31.8. The molecule has 64 valence electrons. The zero-order chi connectivity index (χ0) is 5.98. The molecule has 0 radical (unpaired) electrons. The zero-order valence-corrected chi connectivity index (χ0v) is 10.0. The molecular weight excluding hydrogens is 312 g/mol. The molecule has 0 unspecified atom stereocenters. The number of rotatable bonds is 0. The molecule has 0 heterocycles. The maximum absolute atomic E-state index is 3.59. The molecule has 0 atom stereocenters. The molecule has 4 heteroatoms. The summed E-state index contributed by atoms with van der Waals surface area (Å²) in [6.45, 7) is 0. The van der Waals surface area contributed by atoms with Gasteiger partial charge in [-0.2, -0.15) is 0 Å². The van der Waals surface area contributed by atoms with Crippen molar-refractivity contribution >= 4 is 31.9 Å². The van der Waals surface area contributed by atoms with Gasteiger partial charge in [0.1, 0.15) is 0 Å². The summed E-state index contributed by atoms with van der Waals surface area (Å²) in [6, 6.07) is 0. The average molecular weight is 322 g/mol. The van der Waals surface area contributed by atoms with Crippen LogP contribution < -0.4 is 0 Å². The fourth-order valence-electron chi connectivity index (χ4n) is 1.01. The summed E-state index contributed by atoms with van der Waals surface area (Å²) in [6.07, 6.45) is 5.37. The summed E-state index contributed by atoms with van der Waals surface area (Å²) < 4.78 is 0. The van der Waals surface area contributed by atoms with E-state index >= 15 is 0 Å². The minimum Gasteiger partial charge on any atom is -0.0891 e. The molecule has 0 aromatic heterocycles. The second-order valence-electron chi connectivity index (χ2n) is 2.35. The predicted octanol–water partition coefficient (Wildman–Crippen LogP) is 3.09. The maximum atomic E-state index is 3.59. The van der Waals surface area contributed by atoms with Crippen LogP contribution in [0.15, 0.2) is 0 Å². The first-order chi connectivity index (χ1) is 3.79. The number of alkyl halides is 2. The van der Waals surface area contributed by atoms with Gasteiger partial charge in [0.15, 0.2) is 0 Å². The minimum atomic E-state index is 0. The molecule has 0 spiro atoms. The van der Waals surface area contributed by atoms with E-state index in [-0.39, 0.29) is 75.5 Å². The molecule has 1 aliphatic rings. The maximum Gasteiger partial charge on any atom is 0.0146 e. The minimum absolute atomic E-state index is 0. The Morgan fingerprint density at radius 1 is 0.700 bits per heavy atom. The molecule has 0 aliphatic heterocycles. The van der Waals surface area contributed by atoms with E-state index in [0.717, 1.165) is 9.65 Å². The first-order valence-electron chi connectivity index (χ1n) is 3.07. The average Bonchev–Trinajstić information content (AvgIpc) is 1.77. The van der Waals surface area contributed by atoms with Crippen LogP contribution in [0.4, 0.5) is 0 Å². The van der Waals surface area contributed by atoms with Crippen molar-refractivity contribution in [2.75, 3.05) is 0 Å². The third kappa shape index (κ3) is 6.94. The molecule has 1 fully saturated rings. The Hall–Kier alpha value is 3.48. The molecule has 10 heavy (non-hydrogen) atoms. The Kier molecular flexibility index (Phi) is 14.4. The second-order valence-corrected chi connectivity index (χ2v) is 4.94. The Morgan fingerprint density at radius 3 is 1.10 bits per heavy atom. The summed E-state index contributed by atoms with van der Waals surface area (Å²) in [4.78, 5) is 1.60. The van der Waals surface area contributed by atoms with Crippen molar-refractivity contribution < 1.29 is 75.5 Å². The number of hydrogen-bond acceptors (Lipinski definition) is 0. The van der Waals surface area contributed by atoms with Gasteiger partial charge in [0.25, 0.3) is 0 Å².